The van der Waals surface area contributed by atoms with E-state index in [9.17, 15) is 4.79 Å². The summed E-state index contributed by atoms with van der Waals surface area (Å²) in [6.07, 6.45) is 0.815. The lowest BCUT2D eigenvalue weighted by molar-refractivity contribution is 0.0995. The fourth-order valence-electron chi connectivity index (χ4n) is 2.33. The van der Waals surface area contributed by atoms with Gasteiger partial charge in [0.05, 0.1) is 5.69 Å². The predicted octanol–water partition coefficient (Wildman–Crippen LogP) is 2.77. The van der Waals surface area contributed by atoms with Gasteiger partial charge in [-0.25, -0.2) is 0 Å². The van der Waals surface area contributed by atoms with Gasteiger partial charge in [0.1, 0.15) is 5.69 Å². The summed E-state index contributed by atoms with van der Waals surface area (Å²) >= 11 is 0. The Morgan fingerprint density at radius 2 is 1.76 bits per heavy atom. The normalized spacial score (nSPS) is 10.5. The van der Waals surface area contributed by atoms with Crippen molar-refractivity contribution in [1.82, 2.24) is 10.2 Å². The fraction of sp³-hybridized carbons (Fsp3) is 0.0588. The molecule has 1 heterocycles. The molecule has 0 radical (unpaired) electrons. The molecule has 21 heavy (non-hydrogen) atoms. The van der Waals surface area contributed by atoms with Crippen LogP contribution < -0.4 is 5.73 Å². The molecule has 0 aliphatic heterocycles. The van der Waals surface area contributed by atoms with E-state index in [1.165, 1.54) is 5.56 Å². The zero-order valence-electron chi connectivity index (χ0n) is 11.4. The molecule has 0 aliphatic rings. The number of nitrogens with one attached hydrogen (secondary N) is 1. The number of carbonyl (C=O) groups excluding carboxylic acids is 1. The highest BCUT2D eigenvalue weighted by Gasteiger charge is 2.11. The van der Waals surface area contributed by atoms with Crippen LogP contribution in [0.15, 0.2) is 60.7 Å². The molecule has 0 unspecified atom stereocenters. The van der Waals surface area contributed by atoms with Crippen LogP contribution in [0.4, 0.5) is 0 Å². The maximum absolute atomic E-state index is 11.2. The van der Waals surface area contributed by atoms with Gasteiger partial charge in [-0.3, -0.25) is 9.89 Å². The third-order valence-electron chi connectivity index (χ3n) is 3.37. The first-order valence-corrected chi connectivity index (χ1v) is 6.71. The summed E-state index contributed by atoms with van der Waals surface area (Å²) in [7, 11) is 0. The number of rotatable bonds is 4. The highest BCUT2D eigenvalue weighted by Crippen LogP contribution is 2.24. The van der Waals surface area contributed by atoms with Gasteiger partial charge in [-0.1, -0.05) is 54.6 Å². The Morgan fingerprint density at radius 1 is 1.05 bits per heavy atom. The highest BCUT2D eigenvalue weighted by molar-refractivity contribution is 5.92. The molecule has 0 fully saturated rings. The van der Waals surface area contributed by atoms with Gasteiger partial charge in [0.15, 0.2) is 0 Å². The minimum atomic E-state index is -0.505. The number of hydrogen-bond donors (Lipinski definition) is 2. The van der Waals surface area contributed by atoms with Crippen molar-refractivity contribution in [2.24, 2.45) is 5.73 Å². The van der Waals surface area contributed by atoms with Gasteiger partial charge >= 0.3 is 0 Å². The summed E-state index contributed by atoms with van der Waals surface area (Å²) in [6.45, 7) is 0. The van der Waals surface area contributed by atoms with Crippen LogP contribution >= 0.6 is 0 Å². The fourth-order valence-corrected chi connectivity index (χ4v) is 2.33. The van der Waals surface area contributed by atoms with Crippen molar-refractivity contribution in [1.29, 1.82) is 0 Å². The van der Waals surface area contributed by atoms with Gasteiger partial charge in [0.25, 0.3) is 5.91 Å². The molecule has 3 aromatic rings. The summed E-state index contributed by atoms with van der Waals surface area (Å²) in [5.41, 5.74) is 9.70. The van der Waals surface area contributed by atoms with E-state index in [-0.39, 0.29) is 0 Å². The molecule has 4 nitrogen and oxygen atoms in total. The molecule has 3 N–H and O–H groups in total. The minimum absolute atomic E-state index is 0.319. The van der Waals surface area contributed by atoms with Crippen molar-refractivity contribution in [3.63, 3.8) is 0 Å². The largest absolute Gasteiger partial charge is 0.364 e. The van der Waals surface area contributed by atoms with E-state index < -0.39 is 5.91 Å². The van der Waals surface area contributed by atoms with Crippen LogP contribution in [-0.2, 0) is 6.42 Å². The SMILES string of the molecule is NC(=O)c1cc(-c2ccccc2Cc2ccccc2)n[nH]1. The van der Waals surface area contributed by atoms with E-state index in [1.54, 1.807) is 6.07 Å². The number of aromatic nitrogens is 2. The summed E-state index contributed by atoms with van der Waals surface area (Å²) < 4.78 is 0. The molecular weight excluding hydrogens is 262 g/mol. The first-order valence-electron chi connectivity index (χ1n) is 6.71. The maximum atomic E-state index is 11.2. The second-order valence-electron chi connectivity index (χ2n) is 4.85. The van der Waals surface area contributed by atoms with Crippen LogP contribution in [0, 0.1) is 0 Å². The number of nitrogens with two attached hydrogens (primary N) is 1. The summed E-state index contributed by atoms with van der Waals surface area (Å²) in [5, 5.41) is 6.85. The smallest absolute Gasteiger partial charge is 0.266 e. The van der Waals surface area contributed by atoms with Crippen molar-refractivity contribution in [2.75, 3.05) is 0 Å². The topological polar surface area (TPSA) is 71.8 Å². The molecule has 104 valence electrons. The lowest BCUT2D eigenvalue weighted by atomic mass is 9.98. The Bertz CT molecular complexity index is 762. The Hall–Kier alpha value is -2.88. The number of H-pyrrole nitrogens is 1. The van der Waals surface area contributed by atoms with Crippen molar-refractivity contribution < 1.29 is 4.79 Å². The van der Waals surface area contributed by atoms with Gasteiger partial charge in [0, 0.05) is 5.56 Å². The van der Waals surface area contributed by atoms with Gasteiger partial charge in [-0.05, 0) is 23.6 Å². The molecule has 0 bridgehead atoms. The van der Waals surface area contributed by atoms with E-state index >= 15 is 0 Å². The van der Waals surface area contributed by atoms with Crippen LogP contribution in [0.25, 0.3) is 11.3 Å². The number of aromatic amines is 1. The van der Waals surface area contributed by atoms with E-state index in [4.69, 9.17) is 5.73 Å². The highest BCUT2D eigenvalue weighted by atomic mass is 16.1. The molecule has 1 aromatic heterocycles. The van der Waals surface area contributed by atoms with Crippen LogP contribution in [0.1, 0.15) is 21.6 Å². The zero-order valence-corrected chi connectivity index (χ0v) is 11.4. The molecule has 3 rings (SSSR count). The second-order valence-corrected chi connectivity index (χ2v) is 4.85. The predicted molar refractivity (Wildman–Crippen MR) is 81.8 cm³/mol. The average molecular weight is 277 g/mol. The monoisotopic (exact) mass is 277 g/mol. The third-order valence-corrected chi connectivity index (χ3v) is 3.37. The molecule has 0 saturated heterocycles. The van der Waals surface area contributed by atoms with Crippen LogP contribution in [0.2, 0.25) is 0 Å². The molecular formula is C17H15N3O. The van der Waals surface area contributed by atoms with E-state index in [2.05, 4.69) is 28.4 Å². The Balaban J connectivity index is 1.97. The maximum Gasteiger partial charge on any atom is 0.266 e. The first-order chi connectivity index (χ1) is 10.2. The second kappa shape index (κ2) is 5.63. The molecule has 2 aromatic carbocycles. The van der Waals surface area contributed by atoms with Gasteiger partial charge in [-0.2, -0.15) is 5.10 Å². The Labute approximate surface area is 122 Å². The molecule has 0 spiro atoms. The first kappa shape index (κ1) is 13.1. The summed E-state index contributed by atoms with van der Waals surface area (Å²) in [5.74, 6) is -0.505. The number of carbonyl (C=O) groups is 1. The summed E-state index contributed by atoms with van der Waals surface area (Å²) in [6, 6.07) is 20.0. The number of nitrogens with zero attached hydrogens (tertiary/aromatic N) is 1. The Morgan fingerprint density at radius 3 is 2.48 bits per heavy atom. The van der Waals surface area contributed by atoms with Crippen molar-refractivity contribution in [3.8, 4) is 11.3 Å². The third kappa shape index (κ3) is 2.84. The Kier molecular flexibility index (Phi) is 3.51. The van der Waals surface area contributed by atoms with Gasteiger partial charge in [-0.15, -0.1) is 0 Å². The summed E-state index contributed by atoms with van der Waals surface area (Å²) in [4.78, 5) is 11.2. The van der Waals surface area contributed by atoms with Crippen molar-refractivity contribution in [2.45, 2.75) is 6.42 Å². The molecule has 0 saturated carbocycles. The minimum Gasteiger partial charge on any atom is -0.364 e. The number of hydrogen-bond acceptors (Lipinski definition) is 2. The van der Waals surface area contributed by atoms with Crippen LogP contribution in [-0.4, -0.2) is 16.1 Å². The van der Waals surface area contributed by atoms with E-state index in [0.717, 1.165) is 23.2 Å². The standard InChI is InChI=1S/C17H15N3O/c18-17(21)16-11-15(19-20-16)14-9-5-4-8-13(14)10-12-6-2-1-3-7-12/h1-9,11H,10H2,(H2,18,21)(H,19,20). The molecule has 0 atom stereocenters. The van der Waals surface area contributed by atoms with Crippen molar-refractivity contribution >= 4 is 5.91 Å². The zero-order chi connectivity index (χ0) is 14.7. The van der Waals surface area contributed by atoms with Crippen LogP contribution in [0.5, 0.6) is 0 Å². The van der Waals surface area contributed by atoms with E-state index in [0.29, 0.717) is 5.69 Å². The van der Waals surface area contributed by atoms with Crippen LogP contribution in [0.3, 0.4) is 0 Å². The molecule has 4 heteroatoms. The average Bonchev–Trinajstić information content (AvgIpc) is 2.99. The number of primary amides is 1. The molecule has 0 aliphatic carbocycles. The number of amides is 1. The molecule has 1 amide bonds. The van der Waals surface area contributed by atoms with E-state index in [1.807, 2.05) is 36.4 Å². The lowest BCUT2D eigenvalue weighted by Gasteiger charge is -2.07. The van der Waals surface area contributed by atoms with Gasteiger partial charge < -0.3 is 5.73 Å². The number of benzene rings is 2. The van der Waals surface area contributed by atoms with Crippen molar-refractivity contribution in [3.05, 3.63) is 77.5 Å². The quantitative estimate of drug-likeness (QED) is 0.769. The van der Waals surface area contributed by atoms with Gasteiger partial charge in [0.2, 0.25) is 0 Å². The lowest BCUT2D eigenvalue weighted by Crippen LogP contribution is -2.10.